The molecule has 1 N–H and O–H groups in total. The van der Waals surface area contributed by atoms with E-state index in [0.717, 1.165) is 17.1 Å². The summed E-state index contributed by atoms with van der Waals surface area (Å²) in [5.41, 5.74) is 1.43. The van der Waals surface area contributed by atoms with Gasteiger partial charge in [-0.2, -0.15) is 0 Å². The van der Waals surface area contributed by atoms with E-state index < -0.39 is 0 Å². The van der Waals surface area contributed by atoms with Gasteiger partial charge in [0.2, 0.25) is 12.5 Å². The summed E-state index contributed by atoms with van der Waals surface area (Å²) in [6, 6.07) is 9.07. The van der Waals surface area contributed by atoms with E-state index in [2.05, 4.69) is 5.32 Å². The molecule has 0 aliphatic carbocycles. The van der Waals surface area contributed by atoms with Gasteiger partial charge in [-0.3, -0.25) is 4.79 Å². The maximum atomic E-state index is 12.5. The molecule has 1 aliphatic heterocycles. The van der Waals surface area contributed by atoms with E-state index in [4.69, 9.17) is 23.7 Å². The second-order valence-corrected chi connectivity index (χ2v) is 5.58. The zero-order chi connectivity index (χ0) is 18.5. The van der Waals surface area contributed by atoms with Crippen LogP contribution in [0.1, 0.15) is 15.9 Å². The first-order chi connectivity index (χ1) is 12.7. The Kier molecular flexibility index (Phi) is 5.36. The molecule has 1 heterocycles. The van der Waals surface area contributed by atoms with Gasteiger partial charge in [0.25, 0.3) is 5.91 Å². The Hall–Kier alpha value is -3.09. The first-order valence-corrected chi connectivity index (χ1v) is 8.13. The molecule has 0 spiro atoms. The van der Waals surface area contributed by atoms with E-state index in [1.54, 1.807) is 12.1 Å². The van der Waals surface area contributed by atoms with Crippen molar-refractivity contribution in [1.82, 2.24) is 5.32 Å². The van der Waals surface area contributed by atoms with Gasteiger partial charge in [-0.25, -0.2) is 0 Å². The van der Waals surface area contributed by atoms with Crippen LogP contribution in [-0.2, 0) is 6.42 Å². The molecule has 7 nitrogen and oxygen atoms in total. The van der Waals surface area contributed by atoms with Gasteiger partial charge in [0, 0.05) is 6.54 Å². The number of carbonyl (C=O) groups is 1. The molecule has 2 aromatic carbocycles. The van der Waals surface area contributed by atoms with Crippen LogP contribution in [0, 0.1) is 0 Å². The van der Waals surface area contributed by atoms with Crippen LogP contribution >= 0.6 is 0 Å². The fraction of sp³-hybridized carbons (Fsp3) is 0.316. The third kappa shape index (κ3) is 3.46. The quantitative estimate of drug-likeness (QED) is 0.818. The Morgan fingerprint density at radius 2 is 1.77 bits per heavy atom. The van der Waals surface area contributed by atoms with Gasteiger partial charge < -0.3 is 29.0 Å². The van der Waals surface area contributed by atoms with Gasteiger partial charge in [-0.1, -0.05) is 6.07 Å². The second-order valence-electron chi connectivity index (χ2n) is 5.58. The fourth-order valence-electron chi connectivity index (χ4n) is 2.79. The zero-order valence-corrected chi connectivity index (χ0v) is 15.0. The number of ether oxygens (including phenoxy) is 5. The molecule has 0 saturated carbocycles. The number of amides is 1. The molecule has 0 unspecified atom stereocenters. The predicted molar refractivity (Wildman–Crippen MR) is 94.7 cm³/mol. The number of hydrogen-bond acceptors (Lipinski definition) is 6. The van der Waals surface area contributed by atoms with Gasteiger partial charge in [-0.15, -0.1) is 0 Å². The average Bonchev–Trinajstić information content (AvgIpc) is 3.14. The number of carbonyl (C=O) groups excluding carboxylic acids is 1. The highest BCUT2D eigenvalue weighted by atomic mass is 16.7. The molecule has 138 valence electrons. The molecular formula is C19H21NO6. The Morgan fingerprint density at radius 1 is 1.00 bits per heavy atom. The van der Waals surface area contributed by atoms with E-state index >= 15 is 0 Å². The molecule has 26 heavy (non-hydrogen) atoms. The van der Waals surface area contributed by atoms with Crippen LogP contribution in [-0.4, -0.2) is 40.6 Å². The standard InChI is InChI=1S/C19H21NO6/c1-22-15-7-5-13(17(23-2)18(15)24-3)19(21)20-9-8-12-4-6-14-16(10-12)26-11-25-14/h4-7,10H,8-9,11H2,1-3H3,(H,20,21). The van der Waals surface area contributed by atoms with Crippen LogP contribution in [0.5, 0.6) is 28.7 Å². The largest absolute Gasteiger partial charge is 0.493 e. The summed E-state index contributed by atoms with van der Waals surface area (Å²) in [5.74, 6) is 2.46. The van der Waals surface area contributed by atoms with Gasteiger partial charge in [0.05, 0.1) is 26.9 Å². The lowest BCUT2D eigenvalue weighted by Gasteiger charge is -2.15. The normalized spacial score (nSPS) is 11.8. The minimum Gasteiger partial charge on any atom is -0.493 e. The molecule has 0 aromatic heterocycles. The number of fused-ring (bicyclic) bond motifs is 1. The molecule has 1 amide bonds. The monoisotopic (exact) mass is 359 g/mol. The average molecular weight is 359 g/mol. The minimum absolute atomic E-state index is 0.245. The van der Waals surface area contributed by atoms with Crippen molar-refractivity contribution in [3.8, 4) is 28.7 Å². The van der Waals surface area contributed by atoms with Crippen molar-refractivity contribution in [3.63, 3.8) is 0 Å². The van der Waals surface area contributed by atoms with Gasteiger partial charge in [0.1, 0.15) is 0 Å². The second kappa shape index (κ2) is 7.86. The summed E-state index contributed by atoms with van der Waals surface area (Å²) < 4.78 is 26.5. The Morgan fingerprint density at radius 3 is 2.50 bits per heavy atom. The van der Waals surface area contributed by atoms with Gasteiger partial charge >= 0.3 is 0 Å². The molecule has 0 radical (unpaired) electrons. The highest BCUT2D eigenvalue weighted by Crippen LogP contribution is 2.39. The van der Waals surface area contributed by atoms with E-state index in [9.17, 15) is 4.79 Å². The van der Waals surface area contributed by atoms with Crippen LogP contribution in [0.15, 0.2) is 30.3 Å². The summed E-state index contributed by atoms with van der Waals surface area (Å²) in [6.45, 7) is 0.713. The van der Waals surface area contributed by atoms with Crippen LogP contribution in [0.25, 0.3) is 0 Å². The van der Waals surface area contributed by atoms with Crippen molar-refractivity contribution in [2.45, 2.75) is 6.42 Å². The molecule has 2 aromatic rings. The maximum absolute atomic E-state index is 12.5. The molecular weight excluding hydrogens is 338 g/mol. The first kappa shape index (κ1) is 17.7. The lowest BCUT2D eigenvalue weighted by Crippen LogP contribution is -2.26. The summed E-state index contributed by atoms with van der Waals surface area (Å²) >= 11 is 0. The third-order valence-corrected chi connectivity index (χ3v) is 4.09. The SMILES string of the molecule is COc1ccc(C(=O)NCCc2ccc3c(c2)OCO3)c(OC)c1OC. The smallest absolute Gasteiger partial charge is 0.255 e. The van der Waals surface area contributed by atoms with Crippen molar-refractivity contribution in [2.75, 3.05) is 34.7 Å². The Labute approximate surface area is 151 Å². The van der Waals surface area contributed by atoms with E-state index in [1.165, 1.54) is 21.3 Å². The Balaban J connectivity index is 1.66. The van der Waals surface area contributed by atoms with Crippen LogP contribution in [0.4, 0.5) is 0 Å². The summed E-state index contributed by atoms with van der Waals surface area (Å²) in [5, 5.41) is 2.89. The van der Waals surface area contributed by atoms with Crippen molar-refractivity contribution >= 4 is 5.91 Å². The first-order valence-electron chi connectivity index (χ1n) is 8.13. The minimum atomic E-state index is -0.247. The fourth-order valence-corrected chi connectivity index (χ4v) is 2.79. The number of rotatable bonds is 7. The zero-order valence-electron chi connectivity index (χ0n) is 15.0. The molecule has 0 saturated heterocycles. The van der Waals surface area contributed by atoms with E-state index in [0.29, 0.717) is 35.8 Å². The number of benzene rings is 2. The van der Waals surface area contributed by atoms with Gasteiger partial charge in [0.15, 0.2) is 23.0 Å². The highest BCUT2D eigenvalue weighted by molar-refractivity contribution is 5.98. The molecule has 7 heteroatoms. The van der Waals surface area contributed by atoms with Crippen molar-refractivity contribution in [2.24, 2.45) is 0 Å². The molecule has 1 aliphatic rings. The third-order valence-electron chi connectivity index (χ3n) is 4.09. The number of hydrogen-bond donors (Lipinski definition) is 1. The summed E-state index contributed by atoms with van der Waals surface area (Å²) in [6.07, 6.45) is 0.665. The van der Waals surface area contributed by atoms with Crippen molar-refractivity contribution in [1.29, 1.82) is 0 Å². The summed E-state index contributed by atoms with van der Waals surface area (Å²) in [7, 11) is 4.52. The van der Waals surface area contributed by atoms with Gasteiger partial charge in [-0.05, 0) is 36.2 Å². The van der Waals surface area contributed by atoms with Crippen LogP contribution in [0.3, 0.4) is 0 Å². The molecule has 0 bridgehead atoms. The lowest BCUT2D eigenvalue weighted by atomic mass is 10.1. The number of methoxy groups -OCH3 is 3. The van der Waals surface area contributed by atoms with Crippen LogP contribution in [0.2, 0.25) is 0 Å². The van der Waals surface area contributed by atoms with Crippen molar-refractivity contribution in [3.05, 3.63) is 41.5 Å². The predicted octanol–water partition coefficient (Wildman–Crippen LogP) is 2.41. The van der Waals surface area contributed by atoms with Crippen LogP contribution < -0.4 is 29.0 Å². The topological polar surface area (TPSA) is 75.3 Å². The maximum Gasteiger partial charge on any atom is 0.255 e. The van der Waals surface area contributed by atoms with E-state index in [-0.39, 0.29) is 12.7 Å². The molecule has 3 rings (SSSR count). The lowest BCUT2D eigenvalue weighted by molar-refractivity contribution is 0.0950. The Bertz CT molecular complexity index is 805. The van der Waals surface area contributed by atoms with Crippen molar-refractivity contribution < 1.29 is 28.5 Å². The number of nitrogens with one attached hydrogen (secondary N) is 1. The summed E-state index contributed by atoms with van der Waals surface area (Å²) in [4.78, 5) is 12.5. The molecule has 0 fully saturated rings. The highest BCUT2D eigenvalue weighted by Gasteiger charge is 2.20. The molecule has 0 atom stereocenters. The van der Waals surface area contributed by atoms with E-state index in [1.807, 2.05) is 18.2 Å².